The minimum atomic E-state index is -3.41. The van der Waals surface area contributed by atoms with Gasteiger partial charge in [-0.2, -0.15) is 4.31 Å². The van der Waals surface area contributed by atoms with E-state index in [1.165, 1.54) is 10.5 Å². The van der Waals surface area contributed by atoms with Gasteiger partial charge in [0.15, 0.2) is 0 Å². The molecular formula is C17H18N4O2S. The number of aromatic amines is 1. The highest BCUT2D eigenvalue weighted by atomic mass is 32.2. The van der Waals surface area contributed by atoms with Crippen LogP contribution >= 0.6 is 0 Å². The molecule has 2 aromatic heterocycles. The van der Waals surface area contributed by atoms with Gasteiger partial charge in [-0.3, -0.25) is 0 Å². The Balaban J connectivity index is 1.55. The average molecular weight is 342 g/mol. The first-order valence-electron chi connectivity index (χ1n) is 7.93. The Morgan fingerprint density at radius 2 is 1.92 bits per heavy atom. The maximum atomic E-state index is 12.5. The molecule has 2 N–H and O–H groups in total. The number of pyridine rings is 1. The van der Waals surface area contributed by atoms with E-state index in [4.69, 9.17) is 0 Å². The van der Waals surface area contributed by atoms with Crippen LogP contribution in [0.15, 0.2) is 53.7 Å². The molecule has 0 bridgehead atoms. The Bertz CT molecular complexity index is 958. The van der Waals surface area contributed by atoms with Gasteiger partial charge in [-0.1, -0.05) is 0 Å². The molecule has 24 heavy (non-hydrogen) atoms. The number of rotatable bonds is 4. The van der Waals surface area contributed by atoms with E-state index in [-0.39, 0.29) is 4.90 Å². The third kappa shape index (κ3) is 2.76. The second kappa shape index (κ2) is 5.92. The van der Waals surface area contributed by atoms with Crippen LogP contribution in [0.2, 0.25) is 0 Å². The van der Waals surface area contributed by atoms with Crippen LogP contribution < -0.4 is 5.32 Å². The van der Waals surface area contributed by atoms with E-state index in [9.17, 15) is 8.42 Å². The lowest BCUT2D eigenvalue weighted by atomic mass is 10.2. The molecule has 6 nitrogen and oxygen atoms in total. The van der Waals surface area contributed by atoms with Crippen molar-refractivity contribution in [3.63, 3.8) is 0 Å². The normalized spacial score (nSPS) is 15.8. The molecule has 0 saturated carbocycles. The number of H-pyrrole nitrogens is 1. The van der Waals surface area contributed by atoms with Gasteiger partial charge in [0.05, 0.1) is 0 Å². The van der Waals surface area contributed by atoms with Crippen LogP contribution in [0.4, 0.5) is 11.5 Å². The number of sulfonamides is 1. The van der Waals surface area contributed by atoms with Gasteiger partial charge in [-0.25, -0.2) is 13.4 Å². The number of aromatic nitrogens is 2. The van der Waals surface area contributed by atoms with Gasteiger partial charge in [0, 0.05) is 42.1 Å². The fraction of sp³-hybridized carbons (Fsp3) is 0.235. The third-order valence-electron chi connectivity index (χ3n) is 4.26. The quantitative estimate of drug-likeness (QED) is 0.764. The van der Waals surface area contributed by atoms with Gasteiger partial charge in [0.25, 0.3) is 0 Å². The second-order valence-corrected chi connectivity index (χ2v) is 7.83. The van der Waals surface area contributed by atoms with Crippen LogP contribution in [0.3, 0.4) is 0 Å². The zero-order valence-corrected chi connectivity index (χ0v) is 13.9. The number of nitrogens with one attached hydrogen (secondary N) is 2. The first-order chi connectivity index (χ1) is 11.6. The fourth-order valence-electron chi connectivity index (χ4n) is 2.96. The van der Waals surface area contributed by atoms with Crippen LogP contribution in [0, 0.1) is 0 Å². The van der Waals surface area contributed by atoms with Crippen molar-refractivity contribution in [2.45, 2.75) is 17.7 Å². The molecule has 1 aliphatic rings. The van der Waals surface area contributed by atoms with Crippen molar-refractivity contribution in [1.29, 1.82) is 0 Å². The highest BCUT2D eigenvalue weighted by Crippen LogP contribution is 2.23. The predicted octanol–water partition coefficient (Wildman–Crippen LogP) is 3.09. The largest absolute Gasteiger partial charge is 0.361 e. The average Bonchev–Trinajstić information content (AvgIpc) is 3.27. The summed E-state index contributed by atoms with van der Waals surface area (Å²) in [5.41, 5.74) is 1.98. The molecule has 0 spiro atoms. The van der Waals surface area contributed by atoms with Gasteiger partial charge in [-0.15, -0.1) is 0 Å². The molecule has 1 saturated heterocycles. The van der Waals surface area contributed by atoms with Crippen molar-refractivity contribution in [3.8, 4) is 0 Å². The minimum absolute atomic E-state index is 0.246. The Morgan fingerprint density at radius 1 is 1.08 bits per heavy atom. The van der Waals surface area contributed by atoms with Gasteiger partial charge in [0.2, 0.25) is 10.0 Å². The molecule has 0 radical (unpaired) electrons. The molecule has 0 atom stereocenters. The maximum absolute atomic E-state index is 12.5. The van der Waals surface area contributed by atoms with Crippen molar-refractivity contribution in [1.82, 2.24) is 14.3 Å². The van der Waals surface area contributed by atoms with E-state index >= 15 is 0 Å². The van der Waals surface area contributed by atoms with Crippen LogP contribution in [0.5, 0.6) is 0 Å². The lowest BCUT2D eigenvalue weighted by Crippen LogP contribution is -2.27. The Labute approximate surface area is 140 Å². The molecule has 3 heterocycles. The number of nitrogens with zero attached hydrogens (tertiary/aromatic N) is 2. The highest BCUT2D eigenvalue weighted by Gasteiger charge is 2.27. The predicted molar refractivity (Wildman–Crippen MR) is 93.8 cm³/mol. The number of hydrogen-bond acceptors (Lipinski definition) is 4. The maximum Gasteiger partial charge on any atom is 0.244 e. The van der Waals surface area contributed by atoms with Crippen LogP contribution in [-0.4, -0.2) is 35.8 Å². The van der Waals surface area contributed by atoms with Crippen molar-refractivity contribution in [2.75, 3.05) is 18.4 Å². The summed E-state index contributed by atoms with van der Waals surface area (Å²) in [7, 11) is -3.41. The van der Waals surface area contributed by atoms with Gasteiger partial charge >= 0.3 is 0 Å². The van der Waals surface area contributed by atoms with E-state index in [2.05, 4.69) is 15.3 Å². The smallest absolute Gasteiger partial charge is 0.244 e. The third-order valence-corrected chi connectivity index (χ3v) is 6.15. The molecule has 3 aromatic rings. The van der Waals surface area contributed by atoms with E-state index in [0.717, 1.165) is 29.4 Å². The second-order valence-electron chi connectivity index (χ2n) is 5.90. The first-order valence-corrected chi connectivity index (χ1v) is 9.37. The Kier molecular flexibility index (Phi) is 3.74. The summed E-state index contributed by atoms with van der Waals surface area (Å²) in [6.45, 7) is 1.19. The Hall–Kier alpha value is -2.38. The minimum Gasteiger partial charge on any atom is -0.361 e. The topological polar surface area (TPSA) is 78.1 Å². The summed E-state index contributed by atoms with van der Waals surface area (Å²) >= 11 is 0. The molecule has 7 heteroatoms. The number of benzene rings is 1. The summed E-state index contributed by atoms with van der Waals surface area (Å²) in [5, 5.41) is 4.31. The molecule has 1 aromatic carbocycles. The molecule has 4 rings (SSSR count). The van der Waals surface area contributed by atoms with E-state index < -0.39 is 10.0 Å². The van der Waals surface area contributed by atoms with Crippen LogP contribution in [-0.2, 0) is 10.0 Å². The summed E-state index contributed by atoms with van der Waals surface area (Å²) in [6, 6.07) is 11.3. The van der Waals surface area contributed by atoms with Gasteiger partial charge in [-0.05, 0) is 49.2 Å². The van der Waals surface area contributed by atoms with Crippen molar-refractivity contribution < 1.29 is 8.42 Å². The lowest BCUT2D eigenvalue weighted by molar-refractivity contribution is 0.477. The van der Waals surface area contributed by atoms with Crippen LogP contribution in [0.1, 0.15) is 12.8 Å². The summed E-state index contributed by atoms with van der Waals surface area (Å²) in [6.07, 6.45) is 5.16. The summed E-state index contributed by atoms with van der Waals surface area (Å²) in [4.78, 5) is 7.65. The zero-order chi connectivity index (χ0) is 16.6. The molecule has 0 unspecified atom stereocenters. The molecule has 1 fully saturated rings. The van der Waals surface area contributed by atoms with E-state index in [0.29, 0.717) is 18.9 Å². The standard InChI is InChI=1S/C17H18N4O2S/c22-24(23,21-9-1-2-10-21)15-4-6-17(19-12-15)20-14-3-5-16-13(11-14)7-8-18-16/h3-8,11-12,18H,1-2,9-10H2,(H,19,20). The SMILES string of the molecule is O=S(=O)(c1ccc(Nc2ccc3[nH]ccc3c2)nc1)N1CCCC1. The van der Waals surface area contributed by atoms with Crippen LogP contribution in [0.25, 0.3) is 10.9 Å². The van der Waals surface area contributed by atoms with E-state index in [1.54, 1.807) is 12.1 Å². The number of anilines is 2. The zero-order valence-electron chi connectivity index (χ0n) is 13.1. The van der Waals surface area contributed by atoms with Crippen molar-refractivity contribution >= 4 is 32.4 Å². The summed E-state index contributed by atoms with van der Waals surface area (Å²) in [5.74, 6) is 0.616. The van der Waals surface area contributed by atoms with Crippen molar-refractivity contribution in [2.24, 2.45) is 0 Å². The first kappa shape index (κ1) is 15.2. The van der Waals surface area contributed by atoms with Gasteiger partial charge < -0.3 is 10.3 Å². The Morgan fingerprint density at radius 3 is 2.67 bits per heavy atom. The molecule has 0 amide bonds. The lowest BCUT2D eigenvalue weighted by Gasteiger charge is -2.15. The molecule has 124 valence electrons. The summed E-state index contributed by atoms with van der Waals surface area (Å²) < 4.78 is 26.5. The van der Waals surface area contributed by atoms with Crippen molar-refractivity contribution in [3.05, 3.63) is 48.8 Å². The monoisotopic (exact) mass is 342 g/mol. The van der Waals surface area contributed by atoms with E-state index in [1.807, 2.05) is 30.5 Å². The van der Waals surface area contributed by atoms with Gasteiger partial charge in [0.1, 0.15) is 10.7 Å². The fourth-order valence-corrected chi connectivity index (χ4v) is 4.43. The number of fused-ring (bicyclic) bond motifs is 1. The highest BCUT2D eigenvalue weighted by molar-refractivity contribution is 7.89. The molecular weight excluding hydrogens is 324 g/mol. The molecule has 1 aliphatic heterocycles. The number of hydrogen-bond donors (Lipinski definition) is 2. The molecule has 0 aliphatic carbocycles.